The Bertz CT molecular complexity index is 31.9. The maximum atomic E-state index is 8.36. The van der Waals surface area contributed by atoms with Crippen LogP contribution in [0.4, 0.5) is 0 Å². The summed E-state index contributed by atoms with van der Waals surface area (Å²) >= 11 is 0. The predicted octanol–water partition coefficient (Wildman–Crippen LogP) is -3.65. The minimum absolute atomic E-state index is 0. The van der Waals surface area contributed by atoms with Crippen molar-refractivity contribution in [2.45, 2.75) is 0 Å². The van der Waals surface area contributed by atoms with Crippen molar-refractivity contribution >= 4 is 0 Å². The van der Waals surface area contributed by atoms with Gasteiger partial charge in [0.15, 0.2) is 0 Å². The van der Waals surface area contributed by atoms with Crippen molar-refractivity contribution in [3.05, 3.63) is 10.1 Å². The molecule has 0 aromatic carbocycles. The molecule has 0 unspecified atom stereocenters. The minimum atomic E-state index is -1.50. The molecule has 0 spiro atoms. The normalized spacial score (nSPS) is 2.67. The van der Waals surface area contributed by atoms with E-state index in [4.69, 9.17) is 15.3 Å². The van der Waals surface area contributed by atoms with Crippen molar-refractivity contribution in [3.63, 3.8) is 0 Å². The van der Waals surface area contributed by atoms with Crippen molar-refractivity contribution in [1.82, 2.24) is 0 Å². The Hall–Kier alpha value is 0.300. The van der Waals surface area contributed by atoms with Gasteiger partial charge in [0.05, 0.1) is 0 Å². The van der Waals surface area contributed by atoms with Crippen molar-refractivity contribution in [2.24, 2.45) is 0 Å². The van der Waals surface area contributed by atoms with Gasteiger partial charge < -0.3 is 27.1 Å². The summed E-state index contributed by atoms with van der Waals surface area (Å²) in [7, 11) is 0. The van der Waals surface area contributed by atoms with E-state index in [0.29, 0.717) is 0 Å². The van der Waals surface area contributed by atoms with Crippen LogP contribution in [0.1, 0.15) is 0 Å². The molecule has 0 aromatic rings. The van der Waals surface area contributed by atoms with E-state index in [2.05, 4.69) is 0 Å². The van der Waals surface area contributed by atoms with Crippen LogP contribution in [0.15, 0.2) is 0 Å². The van der Waals surface area contributed by atoms with Crippen molar-refractivity contribution in [1.29, 1.82) is 0 Å². The number of hydrogen-bond donors (Lipinski definition) is 1. The summed E-state index contributed by atoms with van der Waals surface area (Å²) in [6.07, 6.45) is 0. The molecule has 1 radical (unpaired) electrons. The van der Waals surface area contributed by atoms with E-state index < -0.39 is 5.09 Å². The Morgan fingerprint density at radius 1 is 1.11 bits per heavy atom. The van der Waals surface area contributed by atoms with Crippen LogP contribution in [0, 0.1) is 47.9 Å². The quantitative estimate of drug-likeness (QED) is 0.274. The monoisotopic (exact) mass is 300 g/mol. The molecule has 0 saturated heterocycles. The van der Waals surface area contributed by atoms with Gasteiger partial charge in [-0.1, -0.05) is 0 Å². The van der Waals surface area contributed by atoms with Crippen LogP contribution >= 0.6 is 0 Å². The van der Waals surface area contributed by atoms with Gasteiger partial charge >= 0.3 is 0 Å². The van der Waals surface area contributed by atoms with E-state index in [1.807, 2.05) is 0 Å². The Labute approximate surface area is 79.8 Å². The maximum absolute atomic E-state index is 8.36. The van der Waals surface area contributed by atoms with Gasteiger partial charge in [-0.3, -0.25) is 0 Å². The first-order chi connectivity index (χ1) is 1.73. The van der Waals surface area contributed by atoms with E-state index in [0.717, 1.165) is 0 Å². The third kappa shape index (κ3) is 3670. The van der Waals surface area contributed by atoms with Crippen LogP contribution in [0.3, 0.4) is 0 Å². The third-order valence-electron chi connectivity index (χ3n) is 0. The fraction of sp³-hybridized carbons (Fsp3) is 0. The SMILES string of the molecule is O.O.O.O.O=[N+]([O-])O.[Ho]. The molecule has 0 rings (SSSR count). The van der Waals surface area contributed by atoms with Crippen LogP contribution in [0.25, 0.3) is 0 Å². The molecule has 9 heteroatoms. The van der Waals surface area contributed by atoms with Crippen LogP contribution in [0.5, 0.6) is 0 Å². The Balaban J connectivity index is -0.00000000450. The fourth-order valence-electron chi connectivity index (χ4n) is 0. The molecule has 0 aromatic heterocycles. The van der Waals surface area contributed by atoms with Crippen LogP contribution < -0.4 is 0 Å². The zero-order chi connectivity index (χ0) is 3.58. The molecule has 67 valence electrons. The number of hydrogen-bond acceptors (Lipinski definition) is 2. The second-order valence-corrected chi connectivity index (χ2v) is 0.238. The number of rotatable bonds is 0. The minimum Gasteiger partial charge on any atom is -0.412 e. The molecule has 0 aliphatic carbocycles. The van der Waals surface area contributed by atoms with Gasteiger partial charge in [-0.25, -0.2) is 0 Å². The van der Waals surface area contributed by atoms with Gasteiger partial charge in [0.2, 0.25) is 0 Å². The first kappa shape index (κ1) is 58.8. The molecule has 9 heavy (non-hydrogen) atoms. The van der Waals surface area contributed by atoms with E-state index in [-0.39, 0.29) is 59.6 Å². The average Bonchev–Trinajstić information content (AvgIpc) is 0.811. The smallest absolute Gasteiger partial charge is 0.291 e. The maximum Gasteiger partial charge on any atom is 0.291 e. The number of nitrogens with zero attached hydrogens (tertiary/aromatic N) is 1. The summed E-state index contributed by atoms with van der Waals surface area (Å²) in [4.78, 5) is 8.36. The summed E-state index contributed by atoms with van der Waals surface area (Å²) in [5.41, 5.74) is 0. The summed E-state index contributed by atoms with van der Waals surface area (Å²) in [5.74, 6) is 0. The Morgan fingerprint density at radius 3 is 1.11 bits per heavy atom. The van der Waals surface area contributed by atoms with Crippen LogP contribution in [-0.2, 0) is 0 Å². The standard InChI is InChI=1S/Ho.HNO3.4H2O/c;2-1(3)4;;;;/h;(H,2,3,4);4*1H2. The van der Waals surface area contributed by atoms with Gasteiger partial charge in [-0.2, -0.15) is 0 Å². The summed E-state index contributed by atoms with van der Waals surface area (Å²) in [6.45, 7) is 0. The second-order valence-electron chi connectivity index (χ2n) is 0.238. The van der Waals surface area contributed by atoms with Crippen molar-refractivity contribution < 1.29 is 69.9 Å². The molecule has 0 fully saturated rings. The largest absolute Gasteiger partial charge is 0.412 e. The Kier molecular flexibility index (Phi) is 266. The Morgan fingerprint density at radius 2 is 1.11 bits per heavy atom. The van der Waals surface area contributed by atoms with Gasteiger partial charge in [0, 0.05) is 37.7 Å². The van der Waals surface area contributed by atoms with Gasteiger partial charge in [0.25, 0.3) is 5.09 Å². The summed E-state index contributed by atoms with van der Waals surface area (Å²) in [6, 6.07) is 0. The van der Waals surface area contributed by atoms with E-state index >= 15 is 0 Å². The zero-order valence-corrected chi connectivity index (χ0v) is 5.95. The first-order valence-electron chi connectivity index (χ1n) is 0.565. The molecule has 0 atom stereocenters. The molecule has 9 N–H and O–H groups in total. The molecular formula is H9HoNO7. The third-order valence-corrected chi connectivity index (χ3v) is 0. The van der Waals surface area contributed by atoms with E-state index in [9.17, 15) is 0 Å². The van der Waals surface area contributed by atoms with Crippen molar-refractivity contribution in [3.8, 4) is 0 Å². The molecule has 0 bridgehead atoms. The van der Waals surface area contributed by atoms with Gasteiger partial charge in [-0.15, -0.1) is 10.1 Å². The molecule has 0 amide bonds. The first-order valence-corrected chi connectivity index (χ1v) is 0.565. The van der Waals surface area contributed by atoms with Crippen molar-refractivity contribution in [2.75, 3.05) is 0 Å². The molecule has 8 nitrogen and oxygen atoms in total. The molecule has 0 heterocycles. The fourth-order valence-corrected chi connectivity index (χ4v) is 0. The van der Waals surface area contributed by atoms with Gasteiger partial charge in [0.1, 0.15) is 0 Å². The second kappa shape index (κ2) is 40.6. The summed E-state index contributed by atoms with van der Waals surface area (Å²) < 4.78 is 0. The topological polar surface area (TPSA) is 189 Å². The zero-order valence-electron chi connectivity index (χ0n) is 4.01. The van der Waals surface area contributed by atoms with E-state index in [1.54, 1.807) is 0 Å². The van der Waals surface area contributed by atoms with E-state index in [1.165, 1.54) is 0 Å². The summed E-state index contributed by atoms with van der Waals surface area (Å²) in [5, 5.41) is 13.6. The molecule has 0 aliphatic heterocycles. The predicted molar refractivity (Wildman–Crippen MR) is 23.2 cm³/mol. The molecule has 0 aliphatic rings. The molecule has 0 saturated carbocycles. The van der Waals surface area contributed by atoms with Crippen LogP contribution in [0.2, 0.25) is 0 Å². The molecular weight excluding hydrogens is 291 g/mol. The van der Waals surface area contributed by atoms with Crippen LogP contribution in [-0.4, -0.2) is 32.2 Å². The average molecular weight is 300 g/mol. The van der Waals surface area contributed by atoms with Gasteiger partial charge in [-0.05, 0) is 0 Å².